The van der Waals surface area contributed by atoms with Gasteiger partial charge in [-0.05, 0) is 18.6 Å². The van der Waals surface area contributed by atoms with Crippen molar-refractivity contribution in [3.63, 3.8) is 0 Å². The van der Waals surface area contributed by atoms with Crippen LogP contribution >= 0.6 is 0 Å². The Labute approximate surface area is 115 Å². The number of rotatable bonds is 5. The molecule has 0 saturated carbocycles. The smallest absolute Gasteiger partial charge is 0.313 e. The highest BCUT2D eigenvalue weighted by atomic mass is 19.2. The van der Waals surface area contributed by atoms with Crippen LogP contribution < -0.4 is 5.32 Å². The monoisotopic (exact) mass is 286 g/mol. The molecule has 0 aliphatic carbocycles. The number of methoxy groups -OCH3 is 1. The van der Waals surface area contributed by atoms with Crippen LogP contribution in [0.5, 0.6) is 0 Å². The molecule has 0 heterocycles. The van der Waals surface area contributed by atoms with Gasteiger partial charge in [-0.3, -0.25) is 9.59 Å². The summed E-state index contributed by atoms with van der Waals surface area (Å²) in [6.45, 7) is 0.781. The Balaban J connectivity index is 2.61. The zero-order valence-electron chi connectivity index (χ0n) is 11.3. The molecule has 0 aromatic heterocycles. The summed E-state index contributed by atoms with van der Waals surface area (Å²) in [5.74, 6) is -4.14. The zero-order chi connectivity index (χ0) is 15.1. The Morgan fingerprint density at radius 3 is 2.70 bits per heavy atom. The van der Waals surface area contributed by atoms with Gasteiger partial charge in [0.1, 0.15) is 0 Å². The summed E-state index contributed by atoms with van der Waals surface area (Å²) in [5.41, 5.74) is -0.367. The first-order chi connectivity index (χ1) is 9.47. The van der Waals surface area contributed by atoms with E-state index in [9.17, 15) is 18.4 Å². The normalized spacial score (nSPS) is 10.2. The van der Waals surface area contributed by atoms with Gasteiger partial charge in [0.25, 0.3) is 0 Å². The van der Waals surface area contributed by atoms with E-state index in [1.807, 2.05) is 5.32 Å². The fraction of sp³-hybridized carbons (Fsp3) is 0.385. The van der Waals surface area contributed by atoms with Crippen molar-refractivity contribution in [2.24, 2.45) is 0 Å². The maximum atomic E-state index is 13.3. The van der Waals surface area contributed by atoms with E-state index in [1.165, 1.54) is 31.2 Å². The summed E-state index contributed by atoms with van der Waals surface area (Å²) >= 11 is 0. The number of halogens is 2. The van der Waals surface area contributed by atoms with Gasteiger partial charge in [0.05, 0.1) is 5.69 Å². The first-order valence-electron chi connectivity index (χ1n) is 5.96. The number of anilines is 1. The van der Waals surface area contributed by atoms with Crippen LogP contribution in [0.2, 0.25) is 0 Å². The van der Waals surface area contributed by atoms with Crippen molar-refractivity contribution < 1.29 is 23.1 Å². The molecule has 0 aliphatic rings. The molecule has 1 aromatic rings. The van der Waals surface area contributed by atoms with Crippen LogP contribution in [0, 0.1) is 11.6 Å². The Hall–Kier alpha value is -2.02. The first-order valence-corrected chi connectivity index (χ1v) is 5.96. The van der Waals surface area contributed by atoms with Crippen molar-refractivity contribution in [1.82, 2.24) is 4.90 Å². The van der Waals surface area contributed by atoms with Crippen LogP contribution in [0.25, 0.3) is 0 Å². The van der Waals surface area contributed by atoms with Gasteiger partial charge in [-0.25, -0.2) is 8.78 Å². The van der Waals surface area contributed by atoms with Crippen molar-refractivity contribution in [2.45, 2.75) is 6.42 Å². The van der Waals surface area contributed by atoms with Gasteiger partial charge in [-0.1, -0.05) is 6.07 Å². The topological polar surface area (TPSA) is 58.6 Å². The minimum absolute atomic E-state index is 0.325. The lowest BCUT2D eigenvalue weighted by atomic mass is 10.3. The standard InChI is InChI=1S/C13H16F2N2O3/c1-17(7-4-8-20-2)13(19)12(18)16-10-6-3-5-9(14)11(10)15/h3,5-6H,4,7-8H2,1-2H3,(H,16,18). The van der Waals surface area contributed by atoms with Crippen molar-refractivity contribution in [2.75, 3.05) is 32.6 Å². The van der Waals surface area contributed by atoms with E-state index in [0.717, 1.165) is 6.07 Å². The molecule has 1 aromatic carbocycles. The fourth-order valence-electron chi connectivity index (χ4n) is 1.50. The summed E-state index contributed by atoms with van der Waals surface area (Å²) in [6, 6.07) is 3.33. The molecule has 0 saturated heterocycles. The Kier molecular flexibility index (Phi) is 6.05. The van der Waals surface area contributed by atoms with Crippen LogP contribution in [0.15, 0.2) is 18.2 Å². The Morgan fingerprint density at radius 2 is 2.05 bits per heavy atom. The highest BCUT2D eigenvalue weighted by Crippen LogP contribution is 2.16. The number of hydrogen-bond donors (Lipinski definition) is 1. The quantitative estimate of drug-likeness (QED) is 0.657. The third-order valence-electron chi connectivity index (χ3n) is 2.58. The SMILES string of the molecule is COCCCN(C)C(=O)C(=O)Nc1cccc(F)c1F. The van der Waals surface area contributed by atoms with Crippen LogP contribution in [0.1, 0.15) is 6.42 Å². The molecule has 0 aliphatic heterocycles. The molecule has 1 N–H and O–H groups in total. The minimum Gasteiger partial charge on any atom is -0.385 e. The maximum Gasteiger partial charge on any atom is 0.313 e. The van der Waals surface area contributed by atoms with E-state index in [1.54, 1.807) is 0 Å². The molecule has 7 heteroatoms. The molecule has 5 nitrogen and oxygen atoms in total. The lowest BCUT2D eigenvalue weighted by Gasteiger charge is -2.16. The van der Waals surface area contributed by atoms with Gasteiger partial charge in [-0.2, -0.15) is 0 Å². The Bertz CT molecular complexity index is 495. The molecule has 2 amide bonds. The summed E-state index contributed by atoms with van der Waals surface area (Å²) in [4.78, 5) is 24.5. The number of nitrogens with one attached hydrogen (secondary N) is 1. The predicted molar refractivity (Wildman–Crippen MR) is 69.1 cm³/mol. The zero-order valence-corrected chi connectivity index (χ0v) is 11.3. The molecule has 0 fully saturated rings. The molecule has 1 rings (SSSR count). The first kappa shape index (κ1) is 16.0. The number of amides is 2. The molecule has 0 atom stereocenters. The number of likely N-dealkylation sites (N-methyl/N-ethyl adjacent to an activating group) is 1. The number of nitrogens with zero attached hydrogens (tertiary/aromatic N) is 1. The average molecular weight is 286 g/mol. The largest absolute Gasteiger partial charge is 0.385 e. The van der Waals surface area contributed by atoms with Crippen LogP contribution in [0.4, 0.5) is 14.5 Å². The molecular formula is C13H16F2N2O3. The van der Waals surface area contributed by atoms with E-state index in [-0.39, 0.29) is 5.69 Å². The molecule has 0 radical (unpaired) electrons. The van der Waals surface area contributed by atoms with E-state index >= 15 is 0 Å². The van der Waals surface area contributed by atoms with Crippen LogP contribution in [0.3, 0.4) is 0 Å². The second-order valence-electron chi connectivity index (χ2n) is 4.13. The number of ether oxygens (including phenoxy) is 1. The van der Waals surface area contributed by atoms with Gasteiger partial charge in [0.15, 0.2) is 11.6 Å². The average Bonchev–Trinajstić information content (AvgIpc) is 2.43. The van der Waals surface area contributed by atoms with Gasteiger partial charge >= 0.3 is 11.8 Å². The Morgan fingerprint density at radius 1 is 1.35 bits per heavy atom. The van der Waals surface area contributed by atoms with Crippen LogP contribution in [-0.2, 0) is 14.3 Å². The van der Waals surface area contributed by atoms with Gasteiger partial charge in [-0.15, -0.1) is 0 Å². The summed E-state index contributed by atoms with van der Waals surface area (Å²) < 4.78 is 31.1. The third kappa shape index (κ3) is 4.27. The van der Waals surface area contributed by atoms with E-state index in [2.05, 4.69) is 0 Å². The number of carbonyl (C=O) groups excluding carboxylic acids is 2. The number of benzene rings is 1. The lowest BCUT2D eigenvalue weighted by Crippen LogP contribution is -2.38. The van der Waals surface area contributed by atoms with Crippen molar-refractivity contribution >= 4 is 17.5 Å². The number of carbonyl (C=O) groups is 2. The molecule has 0 spiro atoms. The third-order valence-corrected chi connectivity index (χ3v) is 2.58. The minimum atomic E-state index is -1.20. The number of hydrogen-bond acceptors (Lipinski definition) is 3. The maximum absolute atomic E-state index is 13.3. The van der Waals surface area contributed by atoms with E-state index in [4.69, 9.17) is 4.74 Å². The molecule has 110 valence electrons. The molecule has 0 bridgehead atoms. The van der Waals surface area contributed by atoms with Crippen molar-refractivity contribution in [3.05, 3.63) is 29.8 Å². The van der Waals surface area contributed by atoms with E-state index < -0.39 is 23.4 Å². The molecule has 0 unspecified atom stereocenters. The van der Waals surface area contributed by atoms with Gasteiger partial charge in [0.2, 0.25) is 0 Å². The second kappa shape index (κ2) is 7.54. The highest BCUT2D eigenvalue weighted by molar-refractivity contribution is 6.39. The highest BCUT2D eigenvalue weighted by Gasteiger charge is 2.20. The molecular weight excluding hydrogens is 270 g/mol. The predicted octanol–water partition coefficient (Wildman–Crippen LogP) is 1.40. The van der Waals surface area contributed by atoms with Crippen LogP contribution in [-0.4, -0.2) is 44.0 Å². The second-order valence-corrected chi connectivity index (χ2v) is 4.13. The molecule has 20 heavy (non-hydrogen) atoms. The van der Waals surface area contributed by atoms with Gasteiger partial charge < -0.3 is 15.0 Å². The summed E-state index contributed by atoms with van der Waals surface area (Å²) in [7, 11) is 2.97. The van der Waals surface area contributed by atoms with Crippen molar-refractivity contribution in [3.8, 4) is 0 Å². The lowest BCUT2D eigenvalue weighted by molar-refractivity contribution is -0.142. The summed E-state index contributed by atoms with van der Waals surface area (Å²) in [6.07, 6.45) is 0.570. The van der Waals surface area contributed by atoms with E-state index in [0.29, 0.717) is 19.6 Å². The van der Waals surface area contributed by atoms with Crippen molar-refractivity contribution in [1.29, 1.82) is 0 Å². The van der Waals surface area contributed by atoms with Gasteiger partial charge in [0, 0.05) is 27.3 Å². The summed E-state index contributed by atoms with van der Waals surface area (Å²) in [5, 5.41) is 2.05. The fourth-order valence-corrected chi connectivity index (χ4v) is 1.50.